The topological polar surface area (TPSA) is 49.4 Å². The molecule has 0 spiro atoms. The SMILES string of the molecule is CC(=O)N(CC(=O)Nc1ccc(C)c(C)c1)CC(C)C. The van der Waals surface area contributed by atoms with Gasteiger partial charge in [-0.2, -0.15) is 0 Å². The van der Waals surface area contributed by atoms with Crippen LogP contribution >= 0.6 is 0 Å². The Kier molecular flexibility index (Phi) is 5.74. The molecule has 1 aromatic carbocycles. The number of nitrogens with zero attached hydrogens (tertiary/aromatic N) is 1. The Labute approximate surface area is 121 Å². The van der Waals surface area contributed by atoms with Gasteiger partial charge in [-0.3, -0.25) is 9.59 Å². The van der Waals surface area contributed by atoms with Crippen molar-refractivity contribution in [2.75, 3.05) is 18.4 Å². The van der Waals surface area contributed by atoms with Crippen LogP contribution in [0, 0.1) is 19.8 Å². The lowest BCUT2D eigenvalue weighted by molar-refractivity contribution is -0.133. The predicted octanol–water partition coefficient (Wildman–Crippen LogP) is 2.75. The second-order valence-electron chi connectivity index (χ2n) is 5.64. The monoisotopic (exact) mass is 276 g/mol. The van der Waals surface area contributed by atoms with Gasteiger partial charge in [0.25, 0.3) is 0 Å². The van der Waals surface area contributed by atoms with Crippen molar-refractivity contribution in [3.63, 3.8) is 0 Å². The molecule has 1 aromatic rings. The standard InChI is InChI=1S/C16H24N2O2/c1-11(2)9-18(14(5)19)10-16(20)17-15-7-6-12(3)13(4)8-15/h6-8,11H,9-10H2,1-5H3,(H,17,20). The van der Waals surface area contributed by atoms with Gasteiger partial charge < -0.3 is 10.2 Å². The number of amides is 2. The van der Waals surface area contributed by atoms with Crippen LogP contribution < -0.4 is 5.32 Å². The summed E-state index contributed by atoms with van der Waals surface area (Å²) in [5, 5.41) is 2.84. The lowest BCUT2D eigenvalue weighted by Gasteiger charge is -2.22. The Morgan fingerprint density at radius 1 is 1.20 bits per heavy atom. The van der Waals surface area contributed by atoms with E-state index in [1.54, 1.807) is 4.90 Å². The molecule has 2 amide bonds. The van der Waals surface area contributed by atoms with Crippen LogP contribution in [0.4, 0.5) is 5.69 Å². The van der Waals surface area contributed by atoms with Gasteiger partial charge in [-0.25, -0.2) is 0 Å². The van der Waals surface area contributed by atoms with Gasteiger partial charge in [0.2, 0.25) is 11.8 Å². The molecule has 0 aromatic heterocycles. The van der Waals surface area contributed by atoms with E-state index in [4.69, 9.17) is 0 Å². The molecule has 0 radical (unpaired) electrons. The minimum atomic E-state index is -0.163. The number of carbonyl (C=O) groups excluding carboxylic acids is 2. The molecule has 0 aliphatic rings. The molecule has 1 rings (SSSR count). The third kappa shape index (κ3) is 5.03. The van der Waals surface area contributed by atoms with Gasteiger partial charge in [-0.15, -0.1) is 0 Å². The smallest absolute Gasteiger partial charge is 0.243 e. The number of nitrogens with one attached hydrogen (secondary N) is 1. The maximum Gasteiger partial charge on any atom is 0.243 e. The number of carbonyl (C=O) groups is 2. The molecule has 0 aliphatic heterocycles. The summed E-state index contributed by atoms with van der Waals surface area (Å²) in [6.07, 6.45) is 0. The maximum atomic E-state index is 12.0. The second-order valence-corrected chi connectivity index (χ2v) is 5.64. The van der Waals surface area contributed by atoms with Gasteiger partial charge in [0.05, 0.1) is 6.54 Å². The highest BCUT2D eigenvalue weighted by molar-refractivity contribution is 5.94. The van der Waals surface area contributed by atoms with Crippen molar-refractivity contribution < 1.29 is 9.59 Å². The Morgan fingerprint density at radius 3 is 2.35 bits per heavy atom. The lowest BCUT2D eigenvalue weighted by Crippen LogP contribution is -2.38. The third-order valence-electron chi connectivity index (χ3n) is 3.16. The maximum absolute atomic E-state index is 12.0. The molecule has 0 unspecified atom stereocenters. The number of hydrogen-bond donors (Lipinski definition) is 1. The van der Waals surface area contributed by atoms with Crippen LogP contribution in [0.25, 0.3) is 0 Å². The Morgan fingerprint density at radius 2 is 1.85 bits per heavy atom. The van der Waals surface area contributed by atoms with Crippen molar-refractivity contribution in [1.29, 1.82) is 0 Å². The molecule has 0 aliphatic carbocycles. The summed E-state index contributed by atoms with van der Waals surface area (Å²) in [4.78, 5) is 25.1. The normalized spacial score (nSPS) is 10.5. The average Bonchev–Trinajstić information content (AvgIpc) is 2.32. The van der Waals surface area contributed by atoms with Crippen molar-refractivity contribution in [1.82, 2.24) is 4.90 Å². The Hall–Kier alpha value is -1.84. The molecule has 0 bridgehead atoms. The molecular formula is C16H24N2O2. The van der Waals surface area contributed by atoms with Crippen molar-refractivity contribution in [2.24, 2.45) is 5.92 Å². The molecule has 4 nitrogen and oxygen atoms in total. The number of benzene rings is 1. The predicted molar refractivity (Wildman–Crippen MR) is 81.6 cm³/mol. The van der Waals surface area contributed by atoms with Gasteiger partial charge >= 0.3 is 0 Å². The van der Waals surface area contributed by atoms with Crippen molar-refractivity contribution >= 4 is 17.5 Å². The number of hydrogen-bond acceptors (Lipinski definition) is 2. The summed E-state index contributed by atoms with van der Waals surface area (Å²) in [5.74, 6) is 0.103. The van der Waals surface area contributed by atoms with Crippen LogP contribution in [0.1, 0.15) is 31.9 Å². The van der Waals surface area contributed by atoms with E-state index in [-0.39, 0.29) is 18.4 Å². The summed E-state index contributed by atoms with van der Waals surface area (Å²) in [6, 6.07) is 5.79. The van der Waals surface area contributed by atoms with Crippen LogP contribution in [0.5, 0.6) is 0 Å². The van der Waals surface area contributed by atoms with E-state index in [1.807, 2.05) is 45.9 Å². The molecule has 0 saturated heterocycles. The second kappa shape index (κ2) is 7.08. The Bertz CT molecular complexity index is 495. The summed E-state index contributed by atoms with van der Waals surface area (Å²) in [6.45, 7) is 10.3. The molecular weight excluding hydrogens is 252 g/mol. The van der Waals surface area contributed by atoms with E-state index >= 15 is 0 Å². The number of rotatable bonds is 5. The minimum absolute atomic E-state index is 0.0751. The molecule has 0 atom stereocenters. The zero-order valence-electron chi connectivity index (χ0n) is 13.0. The molecule has 0 heterocycles. The lowest BCUT2D eigenvalue weighted by atomic mass is 10.1. The fourth-order valence-electron chi connectivity index (χ4n) is 1.94. The van der Waals surface area contributed by atoms with E-state index in [2.05, 4.69) is 5.32 Å². The molecule has 0 fully saturated rings. The molecule has 4 heteroatoms. The van der Waals surface area contributed by atoms with Crippen molar-refractivity contribution in [3.8, 4) is 0 Å². The van der Waals surface area contributed by atoms with Crippen molar-refractivity contribution in [3.05, 3.63) is 29.3 Å². The third-order valence-corrected chi connectivity index (χ3v) is 3.16. The molecule has 110 valence electrons. The minimum Gasteiger partial charge on any atom is -0.333 e. The van der Waals surface area contributed by atoms with E-state index in [0.717, 1.165) is 11.3 Å². The van der Waals surface area contributed by atoms with Crippen molar-refractivity contribution in [2.45, 2.75) is 34.6 Å². The van der Waals surface area contributed by atoms with Gasteiger partial charge in [0, 0.05) is 19.2 Å². The highest BCUT2D eigenvalue weighted by atomic mass is 16.2. The average molecular weight is 276 g/mol. The Balaban J connectivity index is 2.65. The van der Waals surface area contributed by atoms with Crippen LogP contribution in [0.3, 0.4) is 0 Å². The summed E-state index contributed by atoms with van der Waals surface area (Å²) >= 11 is 0. The summed E-state index contributed by atoms with van der Waals surface area (Å²) in [5.41, 5.74) is 3.09. The summed E-state index contributed by atoms with van der Waals surface area (Å²) < 4.78 is 0. The summed E-state index contributed by atoms with van der Waals surface area (Å²) in [7, 11) is 0. The molecule has 0 saturated carbocycles. The molecule has 1 N–H and O–H groups in total. The van der Waals surface area contributed by atoms with Crippen LogP contribution in [0.2, 0.25) is 0 Å². The highest BCUT2D eigenvalue weighted by Crippen LogP contribution is 2.14. The molecule has 20 heavy (non-hydrogen) atoms. The fourth-order valence-corrected chi connectivity index (χ4v) is 1.94. The first kappa shape index (κ1) is 16.2. The van der Waals surface area contributed by atoms with Gasteiger partial charge in [0.1, 0.15) is 0 Å². The van der Waals surface area contributed by atoms with E-state index in [1.165, 1.54) is 12.5 Å². The van der Waals surface area contributed by atoms with Crippen LogP contribution in [-0.2, 0) is 9.59 Å². The fraction of sp³-hybridized carbons (Fsp3) is 0.500. The first-order chi connectivity index (χ1) is 9.29. The van der Waals surface area contributed by atoms with E-state index < -0.39 is 0 Å². The van der Waals surface area contributed by atoms with Gasteiger partial charge in [0.15, 0.2) is 0 Å². The van der Waals surface area contributed by atoms with Gasteiger partial charge in [-0.1, -0.05) is 19.9 Å². The number of aryl methyl sites for hydroxylation is 2. The van der Waals surface area contributed by atoms with E-state index in [0.29, 0.717) is 12.5 Å². The zero-order chi connectivity index (χ0) is 15.3. The zero-order valence-corrected chi connectivity index (χ0v) is 13.0. The number of anilines is 1. The first-order valence-corrected chi connectivity index (χ1v) is 6.92. The van der Waals surface area contributed by atoms with Crippen LogP contribution in [-0.4, -0.2) is 29.8 Å². The van der Waals surface area contributed by atoms with E-state index in [9.17, 15) is 9.59 Å². The highest BCUT2D eigenvalue weighted by Gasteiger charge is 2.15. The van der Waals surface area contributed by atoms with Crippen LogP contribution in [0.15, 0.2) is 18.2 Å². The van der Waals surface area contributed by atoms with Gasteiger partial charge in [-0.05, 0) is 43.0 Å². The quantitative estimate of drug-likeness (QED) is 0.899. The largest absolute Gasteiger partial charge is 0.333 e. The first-order valence-electron chi connectivity index (χ1n) is 6.92.